The van der Waals surface area contributed by atoms with Crippen LogP contribution in [-0.2, 0) is 0 Å². The molecule has 0 aromatic heterocycles. The van der Waals surface area contributed by atoms with Crippen LogP contribution < -0.4 is 5.32 Å². The van der Waals surface area contributed by atoms with Crippen molar-refractivity contribution in [3.05, 3.63) is 30.3 Å². The van der Waals surface area contributed by atoms with Crippen LogP contribution in [0.25, 0.3) is 0 Å². The highest BCUT2D eigenvalue weighted by atomic mass is 16.0. The van der Waals surface area contributed by atoms with Crippen molar-refractivity contribution >= 4 is 5.69 Å². The molecular formula is C19H35NO. The van der Waals surface area contributed by atoms with Crippen LogP contribution in [0, 0.1) is 0 Å². The van der Waals surface area contributed by atoms with E-state index in [4.69, 9.17) is 0 Å². The van der Waals surface area contributed by atoms with Gasteiger partial charge in [-0.15, -0.1) is 0 Å². The Kier molecular flexibility index (Phi) is 14.9. The molecule has 0 spiro atoms. The van der Waals surface area contributed by atoms with Gasteiger partial charge in [0.15, 0.2) is 0 Å². The molecule has 1 rings (SSSR count). The van der Waals surface area contributed by atoms with Crippen LogP contribution in [-0.4, -0.2) is 12.0 Å². The predicted octanol–water partition coefficient (Wildman–Crippen LogP) is 5.02. The van der Waals surface area contributed by atoms with Gasteiger partial charge < -0.3 is 10.8 Å². The Bertz CT molecular complexity index is 300. The van der Waals surface area contributed by atoms with Gasteiger partial charge in [0.1, 0.15) is 5.69 Å². The van der Waals surface area contributed by atoms with Gasteiger partial charge in [-0.2, -0.15) is 0 Å². The maximum Gasteiger partial charge on any atom is 0.129 e. The number of rotatable bonds is 13. The topological polar surface area (TPSA) is 46.6 Å². The Morgan fingerprint density at radius 2 is 1.14 bits per heavy atom. The van der Waals surface area contributed by atoms with Crippen molar-refractivity contribution in [3.8, 4) is 0 Å². The third-order valence-electron chi connectivity index (χ3n) is 3.99. The first-order valence-electron chi connectivity index (χ1n) is 8.81. The van der Waals surface area contributed by atoms with E-state index < -0.39 is 0 Å². The van der Waals surface area contributed by atoms with E-state index in [2.05, 4.69) is 42.6 Å². The van der Waals surface area contributed by atoms with Gasteiger partial charge in [0.25, 0.3) is 0 Å². The van der Waals surface area contributed by atoms with E-state index in [9.17, 15) is 0 Å². The maximum atomic E-state index is 2.37. The second-order valence-electron chi connectivity index (χ2n) is 5.94. The summed E-state index contributed by atoms with van der Waals surface area (Å²) in [6, 6.07) is 10.7. The van der Waals surface area contributed by atoms with E-state index in [1.165, 1.54) is 82.9 Å². The highest BCUT2D eigenvalue weighted by molar-refractivity contribution is 5.26. The molecule has 1 aromatic carbocycles. The largest absolute Gasteiger partial charge is 0.870 e. The standard InChI is InChI=1S/C19H33N.H2O/c1-2-3-4-5-6-7-8-9-10-11-15-18-20-19-16-13-12-14-17-19;/h12-14,16-17,20H,2-11,15,18H2,1H3;1H2. The van der Waals surface area contributed by atoms with E-state index in [-0.39, 0.29) is 5.48 Å². The number of unbranched alkanes of at least 4 members (excludes halogenated alkanes) is 10. The summed E-state index contributed by atoms with van der Waals surface area (Å²) in [5, 5.41) is 2.37. The first-order chi connectivity index (χ1) is 9.93. The third-order valence-corrected chi connectivity index (χ3v) is 3.99. The number of para-hydroxylation sites is 1. The van der Waals surface area contributed by atoms with Gasteiger partial charge in [-0.3, -0.25) is 0 Å². The Morgan fingerprint density at radius 3 is 1.67 bits per heavy atom. The van der Waals surface area contributed by atoms with Gasteiger partial charge >= 0.3 is 0 Å². The Labute approximate surface area is 131 Å². The third kappa shape index (κ3) is 12.6. The molecule has 0 aliphatic heterocycles. The molecule has 0 radical (unpaired) electrons. The molecule has 0 atom stereocenters. The van der Waals surface area contributed by atoms with Crippen LogP contribution in [0.5, 0.6) is 0 Å². The lowest BCUT2D eigenvalue weighted by Gasteiger charge is -2.03. The summed E-state index contributed by atoms with van der Waals surface area (Å²) in [7, 11) is 0. The van der Waals surface area contributed by atoms with Gasteiger partial charge in [0, 0.05) is 0 Å². The number of quaternary nitrogens is 1. The van der Waals surface area contributed by atoms with Crippen LogP contribution in [0.3, 0.4) is 0 Å². The molecule has 0 amide bonds. The van der Waals surface area contributed by atoms with Crippen molar-refractivity contribution in [2.45, 2.75) is 77.6 Å². The molecule has 0 aliphatic rings. The maximum absolute atomic E-state index is 2.37. The summed E-state index contributed by atoms with van der Waals surface area (Å²) in [6.45, 7) is 3.52. The molecule has 2 heteroatoms. The van der Waals surface area contributed by atoms with Crippen molar-refractivity contribution in [2.75, 3.05) is 6.54 Å². The zero-order chi connectivity index (χ0) is 14.3. The lowest BCUT2D eigenvalue weighted by molar-refractivity contribution is -0.572. The van der Waals surface area contributed by atoms with Crippen LogP contribution in [0.2, 0.25) is 0 Å². The molecule has 0 heterocycles. The molecular weight excluding hydrogens is 258 g/mol. The molecule has 2 nitrogen and oxygen atoms in total. The van der Waals surface area contributed by atoms with Crippen molar-refractivity contribution < 1.29 is 10.8 Å². The van der Waals surface area contributed by atoms with Crippen molar-refractivity contribution in [1.29, 1.82) is 0 Å². The second kappa shape index (κ2) is 15.5. The van der Waals surface area contributed by atoms with Gasteiger partial charge in [0.2, 0.25) is 0 Å². The smallest absolute Gasteiger partial charge is 0.129 e. The Balaban J connectivity index is 0.00000400. The molecule has 0 unspecified atom stereocenters. The van der Waals surface area contributed by atoms with Gasteiger partial charge in [-0.05, 0) is 25.0 Å². The number of hydrogen-bond acceptors (Lipinski definition) is 1. The monoisotopic (exact) mass is 293 g/mol. The zero-order valence-electron chi connectivity index (χ0n) is 13.9. The van der Waals surface area contributed by atoms with Crippen molar-refractivity contribution in [1.82, 2.24) is 0 Å². The summed E-state index contributed by atoms with van der Waals surface area (Å²) in [6.07, 6.45) is 15.7. The Morgan fingerprint density at radius 1 is 0.667 bits per heavy atom. The molecule has 122 valence electrons. The lowest BCUT2D eigenvalue weighted by atomic mass is 10.1. The van der Waals surface area contributed by atoms with E-state index in [0.717, 1.165) is 0 Å². The first kappa shape index (κ1) is 20.1. The highest BCUT2D eigenvalue weighted by Crippen LogP contribution is 2.10. The van der Waals surface area contributed by atoms with Crippen LogP contribution in [0.15, 0.2) is 30.3 Å². The molecule has 0 bridgehead atoms. The molecule has 21 heavy (non-hydrogen) atoms. The zero-order valence-corrected chi connectivity index (χ0v) is 13.9. The quantitative estimate of drug-likeness (QED) is 0.403. The van der Waals surface area contributed by atoms with Crippen LogP contribution in [0.4, 0.5) is 5.69 Å². The Hall–Kier alpha value is -0.860. The fourth-order valence-corrected chi connectivity index (χ4v) is 2.67. The molecule has 0 fully saturated rings. The molecule has 0 saturated carbocycles. The minimum Gasteiger partial charge on any atom is -0.870 e. The summed E-state index contributed by atoms with van der Waals surface area (Å²) in [5.74, 6) is 0. The minimum absolute atomic E-state index is 0. The second-order valence-corrected chi connectivity index (χ2v) is 5.94. The van der Waals surface area contributed by atoms with Crippen molar-refractivity contribution in [3.63, 3.8) is 0 Å². The number of benzene rings is 1. The minimum atomic E-state index is 0. The summed E-state index contributed by atoms with van der Waals surface area (Å²) >= 11 is 0. The highest BCUT2D eigenvalue weighted by Gasteiger charge is 1.96. The fourth-order valence-electron chi connectivity index (χ4n) is 2.67. The normalized spacial score (nSPS) is 10.3. The van der Waals surface area contributed by atoms with E-state index >= 15 is 0 Å². The van der Waals surface area contributed by atoms with Crippen LogP contribution in [0.1, 0.15) is 77.6 Å². The SMILES string of the molecule is CCCCCCCCCCCCC[NH2+]c1ccccc1.[OH-]. The van der Waals surface area contributed by atoms with Gasteiger partial charge in [-0.25, -0.2) is 0 Å². The summed E-state index contributed by atoms with van der Waals surface area (Å²) < 4.78 is 0. The van der Waals surface area contributed by atoms with E-state index in [1.54, 1.807) is 0 Å². The molecule has 3 N–H and O–H groups in total. The molecule has 1 aromatic rings. The van der Waals surface area contributed by atoms with E-state index in [0.29, 0.717) is 0 Å². The van der Waals surface area contributed by atoms with Crippen molar-refractivity contribution in [2.24, 2.45) is 0 Å². The molecule has 0 aliphatic carbocycles. The number of nitrogens with two attached hydrogens (primary N) is 1. The molecule has 0 saturated heterocycles. The lowest BCUT2D eigenvalue weighted by Crippen LogP contribution is -2.77. The first-order valence-corrected chi connectivity index (χ1v) is 8.81. The predicted molar refractivity (Wildman–Crippen MR) is 91.3 cm³/mol. The average molecular weight is 293 g/mol. The summed E-state index contributed by atoms with van der Waals surface area (Å²) in [5.41, 5.74) is 1.37. The van der Waals surface area contributed by atoms with Gasteiger partial charge in [-0.1, -0.05) is 82.9 Å². The van der Waals surface area contributed by atoms with Gasteiger partial charge in [0.05, 0.1) is 6.54 Å². The number of hydrogen-bond donors (Lipinski definition) is 1. The summed E-state index contributed by atoms with van der Waals surface area (Å²) in [4.78, 5) is 0. The van der Waals surface area contributed by atoms with E-state index in [1.807, 2.05) is 0 Å². The fraction of sp³-hybridized carbons (Fsp3) is 0.684. The average Bonchev–Trinajstić information content (AvgIpc) is 2.49. The van der Waals surface area contributed by atoms with Crippen LogP contribution >= 0.6 is 0 Å².